The van der Waals surface area contributed by atoms with E-state index in [1.54, 1.807) is 20.8 Å². The van der Waals surface area contributed by atoms with Gasteiger partial charge in [0.25, 0.3) is 0 Å². The summed E-state index contributed by atoms with van der Waals surface area (Å²) in [5.41, 5.74) is -0.681. The second kappa shape index (κ2) is 5.30. The first-order chi connectivity index (χ1) is 8.58. The fourth-order valence-corrected chi connectivity index (χ4v) is 1.85. The van der Waals surface area contributed by atoms with E-state index in [2.05, 4.69) is 4.74 Å². The summed E-state index contributed by atoms with van der Waals surface area (Å²) in [4.78, 5) is 23.9. The smallest absolute Gasteiger partial charge is 0.410 e. The van der Waals surface area contributed by atoms with Gasteiger partial charge in [0.2, 0.25) is 0 Å². The van der Waals surface area contributed by atoms with Gasteiger partial charge in [-0.05, 0) is 27.2 Å². The maximum atomic E-state index is 13.6. The summed E-state index contributed by atoms with van der Waals surface area (Å²) in [6, 6.07) is 0. The van der Waals surface area contributed by atoms with Crippen molar-refractivity contribution in [2.45, 2.75) is 38.7 Å². The van der Waals surface area contributed by atoms with E-state index < -0.39 is 29.5 Å². The van der Waals surface area contributed by atoms with Crippen LogP contribution in [0.3, 0.4) is 0 Å². The van der Waals surface area contributed by atoms with Crippen molar-refractivity contribution < 1.29 is 27.8 Å². The lowest BCUT2D eigenvalue weighted by Crippen LogP contribution is -2.41. The average molecular weight is 279 g/mol. The van der Waals surface area contributed by atoms with Gasteiger partial charge in [-0.1, -0.05) is 0 Å². The third-order valence-corrected chi connectivity index (χ3v) is 2.81. The predicted molar refractivity (Wildman–Crippen MR) is 62.9 cm³/mol. The molecule has 0 bridgehead atoms. The lowest BCUT2D eigenvalue weighted by molar-refractivity contribution is -0.176. The Morgan fingerprint density at radius 3 is 2.32 bits per heavy atom. The van der Waals surface area contributed by atoms with E-state index in [0.29, 0.717) is 0 Å². The number of esters is 1. The van der Waals surface area contributed by atoms with Crippen molar-refractivity contribution in [2.24, 2.45) is 5.92 Å². The highest BCUT2D eigenvalue weighted by molar-refractivity contribution is 5.78. The van der Waals surface area contributed by atoms with Crippen molar-refractivity contribution in [3.05, 3.63) is 0 Å². The van der Waals surface area contributed by atoms with Crippen LogP contribution in [0.5, 0.6) is 0 Å². The van der Waals surface area contributed by atoms with E-state index >= 15 is 0 Å². The largest absolute Gasteiger partial charge is 0.465 e. The van der Waals surface area contributed by atoms with E-state index in [1.807, 2.05) is 0 Å². The Bertz CT molecular complexity index is 365. The van der Waals surface area contributed by atoms with Gasteiger partial charge in [-0.2, -0.15) is 8.78 Å². The number of hydrogen-bond donors (Lipinski definition) is 0. The van der Waals surface area contributed by atoms with E-state index in [0.717, 1.165) is 7.11 Å². The molecule has 0 aromatic rings. The molecule has 1 heterocycles. The minimum atomic E-state index is -3.58. The Hall–Kier alpha value is -1.40. The van der Waals surface area contributed by atoms with Crippen molar-refractivity contribution in [3.63, 3.8) is 0 Å². The van der Waals surface area contributed by atoms with Gasteiger partial charge in [-0.15, -0.1) is 0 Å². The van der Waals surface area contributed by atoms with Crippen molar-refractivity contribution in [3.8, 4) is 0 Å². The normalized spacial score (nSPS) is 20.3. The zero-order chi connectivity index (χ0) is 14.8. The molecule has 1 fully saturated rings. The molecule has 1 unspecified atom stereocenters. The molecule has 1 atom stereocenters. The van der Waals surface area contributed by atoms with Crippen molar-refractivity contribution in [1.29, 1.82) is 0 Å². The van der Waals surface area contributed by atoms with Crippen LogP contribution in [0.1, 0.15) is 27.2 Å². The number of rotatable bonds is 2. The van der Waals surface area contributed by atoms with Crippen LogP contribution in [0.2, 0.25) is 0 Å². The summed E-state index contributed by atoms with van der Waals surface area (Å²) in [6.07, 6.45) is -0.600. The Kier molecular flexibility index (Phi) is 4.37. The lowest BCUT2D eigenvalue weighted by Gasteiger charge is -2.25. The lowest BCUT2D eigenvalue weighted by atomic mass is 10.0. The van der Waals surface area contributed by atoms with Gasteiger partial charge >= 0.3 is 18.0 Å². The highest BCUT2D eigenvalue weighted by Crippen LogP contribution is 2.34. The molecule has 0 aromatic heterocycles. The van der Waals surface area contributed by atoms with Crippen LogP contribution in [0, 0.1) is 5.92 Å². The van der Waals surface area contributed by atoms with Crippen LogP contribution in [-0.2, 0) is 14.3 Å². The number of amides is 1. The van der Waals surface area contributed by atoms with Gasteiger partial charge in [0, 0.05) is 13.1 Å². The molecule has 7 heteroatoms. The number of ether oxygens (including phenoxy) is 2. The topological polar surface area (TPSA) is 55.8 Å². The first kappa shape index (κ1) is 15.7. The van der Waals surface area contributed by atoms with Gasteiger partial charge < -0.3 is 14.4 Å². The molecule has 0 saturated carbocycles. The van der Waals surface area contributed by atoms with E-state index in [-0.39, 0.29) is 19.5 Å². The first-order valence-electron chi connectivity index (χ1n) is 6.02. The van der Waals surface area contributed by atoms with E-state index in [1.165, 1.54) is 4.90 Å². The molecule has 1 amide bonds. The molecule has 0 aromatic carbocycles. The average Bonchev–Trinajstić information content (AvgIpc) is 2.75. The number of hydrogen-bond acceptors (Lipinski definition) is 4. The molecule has 110 valence electrons. The molecule has 1 saturated heterocycles. The van der Waals surface area contributed by atoms with Crippen molar-refractivity contribution in [2.75, 3.05) is 20.2 Å². The van der Waals surface area contributed by atoms with Crippen LogP contribution < -0.4 is 0 Å². The Morgan fingerprint density at radius 2 is 1.84 bits per heavy atom. The van der Waals surface area contributed by atoms with Crippen molar-refractivity contribution >= 4 is 12.1 Å². The van der Waals surface area contributed by atoms with E-state index in [4.69, 9.17) is 4.74 Å². The Balaban J connectivity index is 2.64. The summed E-state index contributed by atoms with van der Waals surface area (Å²) >= 11 is 0. The number of carbonyl (C=O) groups is 2. The molecule has 1 rings (SSSR count). The molecular weight excluding hydrogens is 260 g/mol. The minimum absolute atomic E-state index is 0.0430. The van der Waals surface area contributed by atoms with Crippen LogP contribution >= 0.6 is 0 Å². The molecular formula is C12H19F2NO4. The number of carbonyl (C=O) groups excluding carboxylic acids is 2. The zero-order valence-corrected chi connectivity index (χ0v) is 11.5. The SMILES string of the molecule is COC(=O)C(F)(F)C1CCN(C(=O)OC(C)(C)C)C1. The molecule has 0 aliphatic carbocycles. The summed E-state index contributed by atoms with van der Waals surface area (Å²) in [7, 11) is 0.914. The second-order valence-electron chi connectivity index (χ2n) is 5.53. The molecule has 1 aliphatic rings. The second-order valence-corrected chi connectivity index (χ2v) is 5.53. The van der Waals surface area contributed by atoms with Gasteiger partial charge in [0.05, 0.1) is 13.0 Å². The highest BCUT2D eigenvalue weighted by Gasteiger charge is 2.51. The highest BCUT2D eigenvalue weighted by atomic mass is 19.3. The van der Waals surface area contributed by atoms with Crippen LogP contribution in [0.25, 0.3) is 0 Å². The number of halogens is 2. The molecule has 1 aliphatic heterocycles. The fourth-order valence-electron chi connectivity index (χ4n) is 1.85. The van der Waals surface area contributed by atoms with Crippen molar-refractivity contribution in [1.82, 2.24) is 4.90 Å². The summed E-state index contributed by atoms with van der Waals surface area (Å²) in [5.74, 6) is -6.37. The summed E-state index contributed by atoms with van der Waals surface area (Å²) in [5, 5.41) is 0. The fraction of sp³-hybridized carbons (Fsp3) is 0.833. The third-order valence-electron chi connectivity index (χ3n) is 2.81. The first-order valence-corrected chi connectivity index (χ1v) is 6.02. The summed E-state index contributed by atoms with van der Waals surface area (Å²) < 4.78 is 36.5. The van der Waals surface area contributed by atoms with Crippen LogP contribution in [0.4, 0.5) is 13.6 Å². The monoisotopic (exact) mass is 279 g/mol. The maximum Gasteiger partial charge on any atom is 0.410 e. The number of nitrogens with zero attached hydrogens (tertiary/aromatic N) is 1. The number of likely N-dealkylation sites (tertiary alicyclic amines) is 1. The molecule has 0 N–H and O–H groups in total. The molecule has 5 nitrogen and oxygen atoms in total. The van der Waals surface area contributed by atoms with Gasteiger partial charge in [-0.25, -0.2) is 9.59 Å². The zero-order valence-electron chi connectivity index (χ0n) is 11.5. The van der Waals surface area contributed by atoms with Gasteiger partial charge in [-0.3, -0.25) is 0 Å². The maximum absolute atomic E-state index is 13.6. The quantitative estimate of drug-likeness (QED) is 0.726. The molecule has 0 radical (unpaired) electrons. The molecule has 19 heavy (non-hydrogen) atoms. The standard InChI is InChI=1S/C12H19F2NO4/c1-11(2,3)19-10(17)15-6-5-8(7-15)12(13,14)9(16)18-4/h8H,5-7H2,1-4H3. The number of methoxy groups -OCH3 is 1. The summed E-state index contributed by atoms with van der Waals surface area (Å²) in [6.45, 7) is 5.02. The predicted octanol–water partition coefficient (Wildman–Crippen LogP) is 2.05. The molecule has 0 spiro atoms. The Morgan fingerprint density at radius 1 is 1.26 bits per heavy atom. The van der Waals surface area contributed by atoms with E-state index in [9.17, 15) is 18.4 Å². The number of alkyl halides is 2. The van der Waals surface area contributed by atoms with Gasteiger partial charge in [0.1, 0.15) is 5.60 Å². The van der Waals surface area contributed by atoms with Gasteiger partial charge in [0.15, 0.2) is 0 Å². The minimum Gasteiger partial charge on any atom is -0.465 e. The van der Waals surface area contributed by atoms with Crippen LogP contribution in [0.15, 0.2) is 0 Å². The Labute approximate surface area is 110 Å². The third kappa shape index (κ3) is 3.78. The van der Waals surface area contributed by atoms with Crippen LogP contribution in [-0.4, -0.2) is 48.7 Å².